The molecule has 0 radical (unpaired) electrons. The van der Waals surface area contributed by atoms with Gasteiger partial charge >= 0.3 is 0 Å². The second-order valence-electron chi connectivity index (χ2n) is 4.13. The number of hydrogen-bond donors (Lipinski definition) is 2. The fraction of sp³-hybridized carbons (Fsp3) is 0.500. The van der Waals surface area contributed by atoms with Crippen molar-refractivity contribution >= 4 is 33.3 Å². The van der Waals surface area contributed by atoms with Crippen molar-refractivity contribution in [2.24, 2.45) is 5.84 Å². The molecule has 0 atom stereocenters. The minimum Gasteiger partial charge on any atom is -0.383 e. The quantitative estimate of drug-likeness (QED) is 0.557. The van der Waals surface area contributed by atoms with Gasteiger partial charge in [0.2, 0.25) is 5.95 Å². The minimum absolute atomic E-state index is 0.412. The Morgan fingerprint density at radius 1 is 1.25 bits per heavy atom. The van der Waals surface area contributed by atoms with E-state index < -0.39 is 0 Å². The van der Waals surface area contributed by atoms with E-state index in [1.165, 1.54) is 0 Å². The van der Waals surface area contributed by atoms with E-state index in [0.717, 1.165) is 29.1 Å². The second-order valence-corrected chi connectivity index (χ2v) is 5.02. The molecule has 2 rings (SSSR count). The van der Waals surface area contributed by atoms with Crippen molar-refractivity contribution in [1.82, 2.24) is 9.97 Å². The maximum atomic E-state index is 5.44. The van der Waals surface area contributed by atoms with Crippen molar-refractivity contribution in [3.63, 3.8) is 0 Å². The van der Waals surface area contributed by atoms with Crippen molar-refractivity contribution in [3.8, 4) is 0 Å². The molecular weight excluding hydrogens is 278 g/mol. The van der Waals surface area contributed by atoms with Crippen LogP contribution in [0.25, 0.3) is 10.2 Å². The van der Waals surface area contributed by atoms with Gasteiger partial charge in [-0.15, -0.1) is 11.3 Å². The summed E-state index contributed by atoms with van der Waals surface area (Å²) in [5.74, 6) is 6.70. The van der Waals surface area contributed by atoms with Crippen LogP contribution in [0.1, 0.15) is 0 Å². The zero-order chi connectivity index (χ0) is 14.4. The number of nitrogen functional groups attached to an aromatic ring is 1. The number of rotatable bonds is 8. The topological polar surface area (TPSA) is 85.5 Å². The molecule has 7 nitrogen and oxygen atoms in total. The van der Waals surface area contributed by atoms with Gasteiger partial charge in [0.25, 0.3) is 0 Å². The van der Waals surface area contributed by atoms with Gasteiger partial charge in [0.15, 0.2) is 0 Å². The van der Waals surface area contributed by atoms with Crippen LogP contribution >= 0.6 is 11.3 Å². The molecule has 0 unspecified atom stereocenters. The maximum absolute atomic E-state index is 5.44. The van der Waals surface area contributed by atoms with Crippen LogP contribution in [0.15, 0.2) is 11.4 Å². The maximum Gasteiger partial charge on any atom is 0.240 e. The first-order valence-corrected chi connectivity index (χ1v) is 7.12. The van der Waals surface area contributed by atoms with Crippen molar-refractivity contribution in [2.75, 3.05) is 50.8 Å². The highest BCUT2D eigenvalue weighted by Gasteiger charge is 2.15. The lowest BCUT2D eigenvalue weighted by atomic mass is 10.3. The number of anilines is 2. The molecule has 0 saturated heterocycles. The molecule has 110 valence electrons. The molecule has 2 aromatic heterocycles. The van der Waals surface area contributed by atoms with Crippen LogP contribution in [0, 0.1) is 0 Å². The average molecular weight is 297 g/mol. The summed E-state index contributed by atoms with van der Waals surface area (Å²) in [5.41, 5.74) is 2.51. The predicted molar refractivity (Wildman–Crippen MR) is 81.2 cm³/mol. The number of hydrazine groups is 1. The highest BCUT2D eigenvalue weighted by molar-refractivity contribution is 7.16. The third kappa shape index (κ3) is 3.34. The molecule has 2 heterocycles. The molecule has 0 fully saturated rings. The fourth-order valence-electron chi connectivity index (χ4n) is 1.87. The van der Waals surface area contributed by atoms with Crippen LogP contribution in [0.5, 0.6) is 0 Å². The molecule has 0 aliphatic heterocycles. The molecule has 0 bridgehead atoms. The molecule has 3 N–H and O–H groups in total. The zero-order valence-corrected chi connectivity index (χ0v) is 12.4. The molecule has 0 aliphatic carbocycles. The summed E-state index contributed by atoms with van der Waals surface area (Å²) in [6.45, 7) is 2.69. The Labute approximate surface area is 121 Å². The number of ether oxygens (including phenoxy) is 2. The summed E-state index contributed by atoms with van der Waals surface area (Å²) < 4.78 is 10.3. The number of aromatic nitrogens is 2. The van der Waals surface area contributed by atoms with E-state index >= 15 is 0 Å². The van der Waals surface area contributed by atoms with Gasteiger partial charge in [-0.1, -0.05) is 0 Å². The van der Waals surface area contributed by atoms with Crippen molar-refractivity contribution in [2.45, 2.75) is 0 Å². The van der Waals surface area contributed by atoms with E-state index in [9.17, 15) is 0 Å². The summed E-state index contributed by atoms with van der Waals surface area (Å²) in [7, 11) is 3.36. The van der Waals surface area contributed by atoms with Crippen molar-refractivity contribution in [1.29, 1.82) is 0 Å². The molecule has 0 saturated carbocycles. The monoisotopic (exact) mass is 297 g/mol. The molecule has 2 aromatic rings. The number of hydrogen-bond acceptors (Lipinski definition) is 8. The first-order valence-electron chi connectivity index (χ1n) is 6.24. The van der Waals surface area contributed by atoms with Crippen molar-refractivity contribution < 1.29 is 9.47 Å². The van der Waals surface area contributed by atoms with Crippen molar-refractivity contribution in [3.05, 3.63) is 11.4 Å². The first-order chi connectivity index (χ1) is 9.80. The highest BCUT2D eigenvalue weighted by Crippen LogP contribution is 2.28. The predicted octanol–water partition coefficient (Wildman–Crippen LogP) is 1.08. The van der Waals surface area contributed by atoms with Gasteiger partial charge in [0.05, 0.1) is 18.6 Å². The van der Waals surface area contributed by atoms with Gasteiger partial charge in [0, 0.05) is 27.3 Å². The second kappa shape index (κ2) is 7.34. The van der Waals surface area contributed by atoms with Crippen LogP contribution < -0.4 is 16.2 Å². The molecule has 0 spiro atoms. The average Bonchev–Trinajstić information content (AvgIpc) is 2.95. The molecule has 0 aromatic carbocycles. The van der Waals surface area contributed by atoms with Crippen LogP contribution in [0.4, 0.5) is 11.8 Å². The van der Waals surface area contributed by atoms with Crippen LogP contribution in [0.2, 0.25) is 0 Å². The number of nitrogens with one attached hydrogen (secondary N) is 1. The lowest BCUT2D eigenvalue weighted by molar-refractivity contribution is 0.190. The van der Waals surface area contributed by atoms with E-state index in [-0.39, 0.29) is 0 Å². The minimum atomic E-state index is 0.412. The number of nitrogens with two attached hydrogens (primary N) is 1. The standard InChI is InChI=1S/C12H19N5O2S/c1-18-6-4-17(5-7-19-2)10-9-3-8-20-11(9)15-12(14-10)16-13/h3,8H,4-7,13H2,1-2H3,(H,14,15,16). The SMILES string of the molecule is COCCN(CCOC)c1nc(NN)nc2sccc12. The summed E-state index contributed by atoms with van der Waals surface area (Å²) in [5, 5.41) is 3.01. The lowest BCUT2D eigenvalue weighted by Gasteiger charge is -2.24. The number of thiophene rings is 1. The Balaban J connectivity index is 2.36. The first kappa shape index (κ1) is 14.9. The fourth-order valence-corrected chi connectivity index (χ4v) is 2.63. The summed E-state index contributed by atoms with van der Waals surface area (Å²) in [6, 6.07) is 2.02. The molecular formula is C12H19N5O2S. The van der Waals surface area contributed by atoms with Gasteiger partial charge < -0.3 is 14.4 Å². The Morgan fingerprint density at radius 3 is 2.55 bits per heavy atom. The largest absolute Gasteiger partial charge is 0.383 e. The Kier molecular flexibility index (Phi) is 5.48. The zero-order valence-electron chi connectivity index (χ0n) is 11.6. The smallest absolute Gasteiger partial charge is 0.240 e. The number of fused-ring (bicyclic) bond motifs is 1. The van der Waals surface area contributed by atoms with E-state index in [2.05, 4.69) is 20.3 Å². The van der Waals surface area contributed by atoms with Gasteiger partial charge in [-0.2, -0.15) is 4.98 Å². The Morgan fingerprint density at radius 2 is 1.95 bits per heavy atom. The summed E-state index contributed by atoms with van der Waals surface area (Å²) >= 11 is 1.56. The number of methoxy groups -OCH3 is 2. The normalized spacial score (nSPS) is 10.9. The third-order valence-corrected chi connectivity index (χ3v) is 3.67. The van der Waals surface area contributed by atoms with Gasteiger partial charge in [-0.3, -0.25) is 5.43 Å². The summed E-state index contributed by atoms with van der Waals surface area (Å²) in [6.07, 6.45) is 0. The molecule has 0 aliphatic rings. The van der Waals surface area contributed by atoms with Gasteiger partial charge in [-0.25, -0.2) is 10.8 Å². The molecule has 20 heavy (non-hydrogen) atoms. The van der Waals surface area contributed by atoms with E-state index in [4.69, 9.17) is 15.3 Å². The molecule has 0 amide bonds. The van der Waals surface area contributed by atoms with Gasteiger partial charge in [0.1, 0.15) is 10.6 Å². The van der Waals surface area contributed by atoms with E-state index in [1.54, 1.807) is 25.6 Å². The van der Waals surface area contributed by atoms with Crippen LogP contribution in [-0.4, -0.2) is 50.5 Å². The number of nitrogens with zero attached hydrogens (tertiary/aromatic N) is 3. The van der Waals surface area contributed by atoms with E-state index in [1.807, 2.05) is 11.4 Å². The van der Waals surface area contributed by atoms with Gasteiger partial charge in [-0.05, 0) is 11.4 Å². The highest BCUT2D eigenvalue weighted by atomic mass is 32.1. The molecule has 8 heteroatoms. The van der Waals surface area contributed by atoms with Crippen LogP contribution in [-0.2, 0) is 9.47 Å². The summed E-state index contributed by atoms with van der Waals surface area (Å²) in [4.78, 5) is 11.8. The Bertz CT molecular complexity index is 540. The van der Waals surface area contributed by atoms with E-state index in [0.29, 0.717) is 19.2 Å². The van der Waals surface area contributed by atoms with Crippen LogP contribution in [0.3, 0.4) is 0 Å². The lowest BCUT2D eigenvalue weighted by Crippen LogP contribution is -2.32. The third-order valence-electron chi connectivity index (χ3n) is 2.86. The Hall–Kier alpha value is -1.48.